The van der Waals surface area contributed by atoms with E-state index < -0.39 is 5.25 Å². The second-order valence-electron chi connectivity index (χ2n) is 5.11. The maximum absolute atomic E-state index is 12.4. The van der Waals surface area contributed by atoms with Gasteiger partial charge in [-0.15, -0.1) is 0 Å². The van der Waals surface area contributed by atoms with Gasteiger partial charge in [0.05, 0.1) is 0 Å². The van der Waals surface area contributed by atoms with Crippen LogP contribution < -0.4 is 5.32 Å². The Morgan fingerprint density at radius 1 is 1.43 bits per heavy atom. The molecule has 2 rings (SSSR count). The van der Waals surface area contributed by atoms with Crippen molar-refractivity contribution < 1.29 is 9.59 Å². The average molecular weight is 354 g/mol. The van der Waals surface area contributed by atoms with Crippen molar-refractivity contribution in [1.29, 1.82) is 0 Å². The summed E-state index contributed by atoms with van der Waals surface area (Å²) in [6.45, 7) is 6.86. The van der Waals surface area contributed by atoms with E-state index in [-0.39, 0.29) is 18.2 Å². The highest BCUT2D eigenvalue weighted by atomic mass is 35.5. The highest BCUT2D eigenvalue weighted by molar-refractivity contribution is 8.15. The number of hydrogen-bond acceptors (Lipinski definition) is 4. The fourth-order valence-corrected chi connectivity index (χ4v) is 3.74. The summed E-state index contributed by atoms with van der Waals surface area (Å²) in [6, 6.07) is 5.35. The number of rotatable bonds is 5. The first-order chi connectivity index (χ1) is 11.0. The number of amidine groups is 1. The van der Waals surface area contributed by atoms with Gasteiger partial charge in [0.25, 0.3) is 0 Å². The summed E-state index contributed by atoms with van der Waals surface area (Å²) >= 11 is 7.41. The quantitative estimate of drug-likeness (QED) is 0.883. The zero-order valence-corrected chi connectivity index (χ0v) is 15.0. The van der Waals surface area contributed by atoms with Gasteiger partial charge in [0.2, 0.25) is 11.8 Å². The maximum Gasteiger partial charge on any atom is 0.242 e. The molecule has 0 aromatic heterocycles. The van der Waals surface area contributed by atoms with Crippen LogP contribution in [0, 0.1) is 6.92 Å². The van der Waals surface area contributed by atoms with Crippen molar-refractivity contribution in [2.24, 2.45) is 4.99 Å². The number of nitrogens with one attached hydrogen (secondary N) is 1. The van der Waals surface area contributed by atoms with Gasteiger partial charge in [-0.05, 0) is 38.5 Å². The van der Waals surface area contributed by atoms with Gasteiger partial charge < -0.3 is 5.32 Å². The van der Waals surface area contributed by atoms with Gasteiger partial charge in [0.1, 0.15) is 5.25 Å². The molecule has 0 aliphatic carbocycles. The Morgan fingerprint density at radius 2 is 2.17 bits per heavy atom. The molecular weight excluding hydrogens is 334 g/mol. The number of nitrogens with zero attached hydrogens (tertiary/aromatic N) is 2. The van der Waals surface area contributed by atoms with E-state index in [1.54, 1.807) is 23.1 Å². The Balaban J connectivity index is 2.04. The molecule has 0 unspecified atom stereocenters. The summed E-state index contributed by atoms with van der Waals surface area (Å²) in [7, 11) is 0. The first-order valence-corrected chi connectivity index (χ1v) is 8.81. The van der Waals surface area contributed by atoms with E-state index in [0.29, 0.717) is 29.0 Å². The highest BCUT2D eigenvalue weighted by Gasteiger charge is 2.38. The first kappa shape index (κ1) is 17.8. The summed E-state index contributed by atoms with van der Waals surface area (Å²) in [5.74, 6) is -0.252. The van der Waals surface area contributed by atoms with E-state index in [4.69, 9.17) is 11.6 Å². The predicted octanol–water partition coefficient (Wildman–Crippen LogP) is 3.32. The van der Waals surface area contributed by atoms with Gasteiger partial charge in [0, 0.05) is 30.2 Å². The zero-order valence-electron chi connectivity index (χ0n) is 13.4. The van der Waals surface area contributed by atoms with Crippen LogP contribution in [0.1, 0.15) is 25.8 Å². The Kier molecular flexibility index (Phi) is 6.07. The van der Waals surface area contributed by atoms with Crippen molar-refractivity contribution in [2.45, 2.75) is 32.4 Å². The van der Waals surface area contributed by atoms with Crippen molar-refractivity contribution in [1.82, 2.24) is 4.90 Å². The van der Waals surface area contributed by atoms with E-state index in [2.05, 4.69) is 10.3 Å². The van der Waals surface area contributed by atoms with Crippen LogP contribution in [0.2, 0.25) is 5.02 Å². The minimum atomic E-state index is -0.417. The lowest BCUT2D eigenvalue weighted by molar-refractivity contribution is -0.128. The van der Waals surface area contributed by atoms with Crippen molar-refractivity contribution >= 4 is 46.0 Å². The van der Waals surface area contributed by atoms with Crippen LogP contribution in [-0.2, 0) is 9.59 Å². The Morgan fingerprint density at radius 3 is 2.83 bits per heavy atom. The molecule has 5 nitrogen and oxygen atoms in total. The summed E-state index contributed by atoms with van der Waals surface area (Å²) in [6.07, 6.45) is 0.120. The smallest absolute Gasteiger partial charge is 0.242 e. The second-order valence-corrected chi connectivity index (χ2v) is 6.69. The first-order valence-electron chi connectivity index (χ1n) is 7.55. The van der Waals surface area contributed by atoms with Crippen LogP contribution in [0.4, 0.5) is 5.69 Å². The minimum absolute atomic E-state index is 0.0531. The highest BCUT2D eigenvalue weighted by Crippen LogP contribution is 2.30. The molecule has 0 bridgehead atoms. The molecule has 1 heterocycles. The molecule has 1 aromatic rings. The second kappa shape index (κ2) is 7.84. The van der Waals surface area contributed by atoms with Gasteiger partial charge >= 0.3 is 0 Å². The molecule has 0 saturated carbocycles. The third-order valence-corrected chi connectivity index (χ3v) is 5.16. The number of hydrogen-bond donors (Lipinski definition) is 1. The molecule has 1 saturated heterocycles. The number of thioether (sulfide) groups is 1. The van der Waals surface area contributed by atoms with E-state index in [1.807, 2.05) is 20.8 Å². The molecule has 1 aromatic carbocycles. The van der Waals surface area contributed by atoms with E-state index >= 15 is 0 Å². The number of anilines is 1. The summed E-state index contributed by atoms with van der Waals surface area (Å²) < 4.78 is 0. The van der Waals surface area contributed by atoms with Crippen LogP contribution in [0.3, 0.4) is 0 Å². The van der Waals surface area contributed by atoms with Crippen molar-refractivity contribution in [2.75, 3.05) is 18.4 Å². The largest absolute Gasteiger partial charge is 0.326 e. The van der Waals surface area contributed by atoms with Gasteiger partial charge in [-0.25, -0.2) is 0 Å². The van der Waals surface area contributed by atoms with Crippen LogP contribution >= 0.6 is 23.4 Å². The molecule has 2 amide bonds. The number of carbonyl (C=O) groups is 2. The topological polar surface area (TPSA) is 61.8 Å². The number of halogens is 1. The molecule has 1 N–H and O–H groups in total. The van der Waals surface area contributed by atoms with E-state index in [9.17, 15) is 9.59 Å². The maximum atomic E-state index is 12.4. The molecule has 23 heavy (non-hydrogen) atoms. The Labute approximate surface area is 145 Å². The standard InChI is InChI=1S/C16H20ClN3O2S/c1-4-18-16-20(5-2)15(22)13(23-16)9-14(21)19-12-8-6-7-11(17)10(12)3/h6-8,13H,4-5,9H2,1-3H3,(H,19,21)/t13-/m1/s1. The third kappa shape index (κ3) is 4.06. The molecule has 0 spiro atoms. The SMILES string of the molecule is CCN=C1S[C@H](CC(=O)Nc2cccc(Cl)c2C)C(=O)N1CC. The number of carbonyl (C=O) groups excluding carboxylic acids is 2. The normalized spacial score (nSPS) is 19.5. The lowest BCUT2D eigenvalue weighted by Gasteiger charge is -2.13. The van der Waals surface area contributed by atoms with Crippen LogP contribution in [0.25, 0.3) is 0 Å². The third-order valence-electron chi connectivity index (χ3n) is 3.54. The fourth-order valence-electron chi connectivity index (χ4n) is 2.30. The Bertz CT molecular complexity index is 648. The summed E-state index contributed by atoms with van der Waals surface area (Å²) in [5, 5.41) is 3.72. The van der Waals surface area contributed by atoms with Crippen LogP contribution in [0.5, 0.6) is 0 Å². The Hall–Kier alpha value is -1.53. The molecule has 1 aliphatic heterocycles. The van der Waals surface area contributed by atoms with Crippen LogP contribution in [-0.4, -0.2) is 40.2 Å². The summed E-state index contributed by atoms with van der Waals surface area (Å²) in [5.41, 5.74) is 1.49. The predicted molar refractivity (Wildman–Crippen MR) is 96.2 cm³/mol. The molecule has 1 fully saturated rings. The summed E-state index contributed by atoms with van der Waals surface area (Å²) in [4.78, 5) is 30.6. The molecule has 7 heteroatoms. The number of benzene rings is 1. The van der Waals surface area contributed by atoms with Crippen LogP contribution in [0.15, 0.2) is 23.2 Å². The van der Waals surface area contributed by atoms with E-state index in [1.165, 1.54) is 11.8 Å². The molecule has 1 atom stereocenters. The molecule has 124 valence electrons. The van der Waals surface area contributed by atoms with Gasteiger partial charge in [-0.1, -0.05) is 29.4 Å². The lowest BCUT2D eigenvalue weighted by atomic mass is 10.2. The van der Waals surface area contributed by atoms with E-state index in [0.717, 1.165) is 5.56 Å². The fraction of sp³-hybridized carbons (Fsp3) is 0.438. The molecule has 0 radical (unpaired) electrons. The minimum Gasteiger partial charge on any atom is -0.326 e. The molecule has 1 aliphatic rings. The van der Waals surface area contributed by atoms with Crippen molar-refractivity contribution in [3.63, 3.8) is 0 Å². The number of amides is 2. The number of aliphatic imine (C=N–C) groups is 1. The van der Waals surface area contributed by atoms with Crippen molar-refractivity contribution in [3.8, 4) is 0 Å². The monoisotopic (exact) mass is 353 g/mol. The van der Waals surface area contributed by atoms with Gasteiger partial charge in [0.15, 0.2) is 5.17 Å². The van der Waals surface area contributed by atoms with Gasteiger partial charge in [-0.2, -0.15) is 0 Å². The average Bonchev–Trinajstić information content (AvgIpc) is 2.79. The molecular formula is C16H20ClN3O2S. The van der Waals surface area contributed by atoms with Gasteiger partial charge in [-0.3, -0.25) is 19.5 Å². The zero-order chi connectivity index (χ0) is 17.0. The van der Waals surface area contributed by atoms with Crippen molar-refractivity contribution in [3.05, 3.63) is 28.8 Å². The lowest BCUT2D eigenvalue weighted by Crippen LogP contribution is -2.33.